The topological polar surface area (TPSA) is 84.3 Å². The normalized spacial score (nSPS) is 11.6. The number of benzene rings is 1. The lowest BCUT2D eigenvalue weighted by atomic mass is 10.0. The smallest absolute Gasteiger partial charge is 0.221 e. The van der Waals surface area contributed by atoms with E-state index in [4.69, 9.17) is 0 Å². The third-order valence-electron chi connectivity index (χ3n) is 7.53. The van der Waals surface area contributed by atoms with Gasteiger partial charge in [-0.3, -0.25) is 15.2 Å². The van der Waals surface area contributed by atoms with E-state index in [0.29, 0.717) is 22.3 Å². The number of hydrogen-bond donors (Lipinski definition) is 2. The van der Waals surface area contributed by atoms with Gasteiger partial charge in [0.15, 0.2) is 0 Å². The Morgan fingerprint density at radius 1 is 1.02 bits per heavy atom. The Kier molecular flexibility index (Phi) is 15.5. The van der Waals surface area contributed by atoms with E-state index in [1.54, 1.807) is 6.92 Å². The molecule has 0 bridgehead atoms. The summed E-state index contributed by atoms with van der Waals surface area (Å²) in [5.41, 5.74) is 7.30. The van der Waals surface area contributed by atoms with Gasteiger partial charge < -0.3 is 10.2 Å². The van der Waals surface area contributed by atoms with E-state index < -0.39 is 0 Å². The molecule has 2 N–H and O–H groups in total. The summed E-state index contributed by atoms with van der Waals surface area (Å²) in [7, 11) is 1.90. The minimum atomic E-state index is -0.108. The van der Waals surface area contributed by atoms with Crippen LogP contribution in [0, 0.1) is 18.3 Å². The van der Waals surface area contributed by atoms with Crippen molar-refractivity contribution >= 4 is 39.5 Å². The first-order valence-corrected chi connectivity index (χ1v) is 16.2. The van der Waals surface area contributed by atoms with Gasteiger partial charge in [-0.15, -0.1) is 0 Å². The molecule has 1 aromatic heterocycles. The average Bonchev–Trinajstić information content (AvgIpc) is 3.29. The zero-order valence-electron chi connectivity index (χ0n) is 25.8. The van der Waals surface area contributed by atoms with Crippen LogP contribution < -0.4 is 20.7 Å². The van der Waals surface area contributed by atoms with Gasteiger partial charge in [-0.1, -0.05) is 85.0 Å². The van der Waals surface area contributed by atoms with Crippen LogP contribution in [0.3, 0.4) is 0 Å². The van der Waals surface area contributed by atoms with E-state index in [2.05, 4.69) is 65.1 Å². The predicted molar refractivity (Wildman–Crippen MR) is 173 cm³/mol. The lowest BCUT2D eigenvalue weighted by Gasteiger charge is -2.35. The number of nitrogens with one attached hydrogen (secondary N) is 2. The van der Waals surface area contributed by atoms with E-state index in [1.807, 2.05) is 19.0 Å². The third-order valence-corrected chi connectivity index (χ3v) is 8.38. The number of rotatable bonds is 20. The maximum atomic E-state index is 12.2. The number of aryl methyl sites for hydroxylation is 1. The van der Waals surface area contributed by atoms with Crippen LogP contribution in [0.1, 0.15) is 122 Å². The van der Waals surface area contributed by atoms with Crippen molar-refractivity contribution in [2.45, 2.75) is 124 Å². The fraction of sp³-hybridized carbons (Fsp3) is 0.656. The van der Waals surface area contributed by atoms with E-state index in [9.17, 15) is 10.1 Å². The van der Waals surface area contributed by atoms with Gasteiger partial charge in [-0.25, -0.2) is 0 Å². The third kappa shape index (κ3) is 10.6. The van der Waals surface area contributed by atoms with Gasteiger partial charge in [0.1, 0.15) is 16.6 Å². The van der Waals surface area contributed by atoms with Gasteiger partial charge in [0, 0.05) is 32.2 Å². The first kappa shape index (κ1) is 33.4. The van der Waals surface area contributed by atoms with Crippen molar-refractivity contribution in [2.24, 2.45) is 0 Å². The Morgan fingerprint density at radius 3 is 2.30 bits per heavy atom. The Morgan fingerprint density at radius 2 is 1.68 bits per heavy atom. The molecule has 2 rings (SSSR count). The molecule has 0 saturated heterocycles. The quantitative estimate of drug-likeness (QED) is 0.122. The van der Waals surface area contributed by atoms with Crippen LogP contribution in [0.25, 0.3) is 0 Å². The Labute approximate surface area is 247 Å². The molecule has 7 nitrogen and oxygen atoms in total. The van der Waals surface area contributed by atoms with Gasteiger partial charge in [0.05, 0.1) is 17.1 Å². The molecule has 1 heterocycles. The summed E-state index contributed by atoms with van der Waals surface area (Å²) in [6.07, 6.45) is 16.4. The molecule has 0 aliphatic heterocycles. The fourth-order valence-electron chi connectivity index (χ4n) is 5.22. The monoisotopic (exact) mass is 568 g/mol. The molecule has 8 heteroatoms. The van der Waals surface area contributed by atoms with E-state index in [1.165, 1.54) is 88.6 Å². The highest BCUT2D eigenvalue weighted by Crippen LogP contribution is 2.34. The molecule has 1 atom stereocenters. The minimum absolute atomic E-state index is 0.108. The molecule has 0 spiro atoms. The van der Waals surface area contributed by atoms with Crippen LogP contribution >= 0.6 is 11.5 Å². The molecular weight excluding hydrogens is 516 g/mol. The van der Waals surface area contributed by atoms with Gasteiger partial charge >= 0.3 is 0 Å². The zero-order valence-corrected chi connectivity index (χ0v) is 26.6. The van der Waals surface area contributed by atoms with E-state index in [-0.39, 0.29) is 5.91 Å². The number of hydrazine groups is 1. The highest BCUT2D eigenvalue weighted by Gasteiger charge is 2.20. The second kappa shape index (κ2) is 18.5. The molecule has 1 amide bonds. The van der Waals surface area contributed by atoms with Gasteiger partial charge in [0.2, 0.25) is 5.91 Å². The molecule has 0 radical (unpaired) electrons. The Hall–Kier alpha value is -2.79. The van der Waals surface area contributed by atoms with Gasteiger partial charge in [-0.2, -0.15) is 9.64 Å². The van der Waals surface area contributed by atoms with Crippen LogP contribution in [0.15, 0.2) is 18.2 Å². The number of anilines is 4. The van der Waals surface area contributed by atoms with Crippen LogP contribution in [-0.2, 0) is 4.79 Å². The summed E-state index contributed by atoms with van der Waals surface area (Å²) in [5, 5.41) is 15.2. The lowest BCUT2D eigenvalue weighted by Crippen LogP contribution is -2.36. The highest BCUT2D eigenvalue weighted by molar-refractivity contribution is 7.10. The molecular formula is C32H52N6OS. The summed E-state index contributed by atoms with van der Waals surface area (Å²) in [6.45, 7) is 11.2. The number of hydrogen-bond acceptors (Lipinski definition) is 7. The van der Waals surface area contributed by atoms with Crippen molar-refractivity contribution in [3.63, 3.8) is 0 Å². The molecule has 0 saturated carbocycles. The molecule has 1 unspecified atom stereocenters. The van der Waals surface area contributed by atoms with Crippen molar-refractivity contribution in [1.29, 1.82) is 5.26 Å². The predicted octanol–water partition coefficient (Wildman–Crippen LogP) is 9.05. The number of unbranched alkanes of at least 4 members (excludes halogenated alkanes) is 9. The van der Waals surface area contributed by atoms with Crippen LogP contribution in [0.5, 0.6) is 0 Å². The minimum Gasteiger partial charge on any atom is -0.368 e. The second-order valence-electron chi connectivity index (χ2n) is 10.9. The second-order valence-corrected chi connectivity index (χ2v) is 11.6. The molecule has 1 aromatic carbocycles. The van der Waals surface area contributed by atoms with Crippen molar-refractivity contribution in [1.82, 2.24) is 4.37 Å². The molecule has 0 fully saturated rings. The largest absolute Gasteiger partial charge is 0.368 e. The van der Waals surface area contributed by atoms with E-state index in [0.717, 1.165) is 30.0 Å². The first-order valence-electron chi connectivity index (χ1n) is 15.4. The van der Waals surface area contributed by atoms with Crippen molar-refractivity contribution in [2.75, 3.05) is 34.2 Å². The molecule has 0 aliphatic rings. The molecule has 0 aliphatic carbocycles. The lowest BCUT2D eigenvalue weighted by molar-refractivity contribution is -0.114. The van der Waals surface area contributed by atoms with Crippen molar-refractivity contribution in [3.8, 4) is 6.07 Å². The van der Waals surface area contributed by atoms with Gasteiger partial charge in [-0.05, 0) is 55.9 Å². The zero-order chi connectivity index (χ0) is 29.3. The van der Waals surface area contributed by atoms with Crippen molar-refractivity contribution in [3.05, 3.63) is 29.5 Å². The summed E-state index contributed by atoms with van der Waals surface area (Å²) in [4.78, 5) is 14.8. The number of aromatic nitrogens is 1. The number of carbonyl (C=O) groups is 1. The van der Waals surface area contributed by atoms with Crippen LogP contribution in [-0.4, -0.2) is 29.9 Å². The maximum Gasteiger partial charge on any atom is 0.221 e. The highest BCUT2D eigenvalue weighted by atomic mass is 32.1. The summed E-state index contributed by atoms with van der Waals surface area (Å²) < 4.78 is 4.32. The Bertz CT molecular complexity index is 1060. The summed E-state index contributed by atoms with van der Waals surface area (Å²) in [5.74, 6) is -0.108. The molecule has 222 valence electrons. The van der Waals surface area contributed by atoms with E-state index >= 15 is 0 Å². The standard InChI is InChI=1S/C32H52N6OS/c1-7-10-12-14-16-18-22-38(27(9-3)19-17-15-13-11-8-2)28-20-21-31(30(23-28)34-26(5)39)37(6)35-32-29(24-33)25(4)36-40-32/h20-21,23,27,35H,7-19,22H2,1-6H3,(H,34,39). The summed E-state index contributed by atoms with van der Waals surface area (Å²) in [6, 6.07) is 9.08. The Balaban J connectivity index is 2.30. The average molecular weight is 569 g/mol. The SMILES string of the molecule is CCCCCCCCN(c1ccc(N(C)Nc2snc(C)c2C#N)c(NC(C)=O)c1)C(CC)CCCCCCC. The van der Waals surface area contributed by atoms with Crippen LogP contribution in [0.4, 0.5) is 22.1 Å². The molecule has 2 aromatic rings. The number of nitriles is 1. The number of nitrogens with zero attached hydrogens (tertiary/aromatic N) is 4. The fourth-order valence-corrected chi connectivity index (χ4v) is 6.01. The number of carbonyl (C=O) groups excluding carboxylic acids is 1. The molecule has 40 heavy (non-hydrogen) atoms. The number of amides is 1. The van der Waals surface area contributed by atoms with Crippen molar-refractivity contribution < 1.29 is 4.79 Å². The van der Waals surface area contributed by atoms with Gasteiger partial charge in [0.25, 0.3) is 0 Å². The summed E-state index contributed by atoms with van der Waals surface area (Å²) >= 11 is 1.27. The van der Waals surface area contributed by atoms with Crippen LogP contribution in [0.2, 0.25) is 0 Å². The maximum absolute atomic E-state index is 12.2. The first-order chi connectivity index (χ1) is 19.4.